The molecule has 0 bridgehead atoms. The molecule has 0 radical (unpaired) electrons. The number of hydrogen-bond donors (Lipinski definition) is 3. The second-order valence-electron chi connectivity index (χ2n) is 6.36. The molecule has 1 aliphatic carbocycles. The van der Waals surface area contributed by atoms with Gasteiger partial charge in [0.2, 0.25) is 0 Å². The van der Waals surface area contributed by atoms with Crippen LogP contribution in [0.25, 0.3) is 0 Å². The van der Waals surface area contributed by atoms with Crippen LogP contribution in [0.2, 0.25) is 0 Å². The van der Waals surface area contributed by atoms with Gasteiger partial charge in [0.05, 0.1) is 27.0 Å². The molecule has 27 heavy (non-hydrogen) atoms. The summed E-state index contributed by atoms with van der Waals surface area (Å²) in [6.45, 7) is -0.0321. The van der Waals surface area contributed by atoms with E-state index in [-0.39, 0.29) is 28.0 Å². The number of halogens is 4. The SMILES string of the molecule is O=C(NOCC1(O)CCC1)c1cc(Br)c(F)cc1Nc1ccc(I)cc1F. The Hall–Kier alpha value is -1.30. The number of amides is 1. The van der Waals surface area contributed by atoms with Crippen LogP contribution < -0.4 is 10.8 Å². The van der Waals surface area contributed by atoms with Gasteiger partial charge >= 0.3 is 0 Å². The fourth-order valence-corrected chi connectivity index (χ4v) is 3.39. The summed E-state index contributed by atoms with van der Waals surface area (Å²) in [7, 11) is 0. The quantitative estimate of drug-likeness (QED) is 0.360. The number of anilines is 2. The Morgan fingerprint density at radius 3 is 2.59 bits per heavy atom. The first kappa shape index (κ1) is 20.4. The maximum Gasteiger partial charge on any atom is 0.276 e. The van der Waals surface area contributed by atoms with Crippen molar-refractivity contribution in [2.24, 2.45) is 0 Å². The number of carbonyl (C=O) groups is 1. The Labute approximate surface area is 176 Å². The number of aliphatic hydroxyl groups is 1. The smallest absolute Gasteiger partial charge is 0.276 e. The highest BCUT2D eigenvalue weighted by molar-refractivity contribution is 14.1. The van der Waals surface area contributed by atoms with E-state index in [0.29, 0.717) is 16.4 Å². The predicted octanol–water partition coefficient (Wildman–Crippen LogP) is 4.65. The molecule has 3 N–H and O–H groups in total. The first-order valence-corrected chi connectivity index (χ1v) is 10.0. The summed E-state index contributed by atoms with van der Waals surface area (Å²) in [5.74, 6) is -1.78. The fraction of sp³-hybridized carbons (Fsp3) is 0.278. The Morgan fingerprint density at radius 1 is 1.22 bits per heavy atom. The van der Waals surface area contributed by atoms with Gasteiger partial charge in [0.1, 0.15) is 18.2 Å². The lowest BCUT2D eigenvalue weighted by Gasteiger charge is -2.35. The van der Waals surface area contributed by atoms with Gasteiger partial charge in [-0.05, 0) is 88.1 Å². The van der Waals surface area contributed by atoms with Gasteiger partial charge in [0.15, 0.2) is 0 Å². The van der Waals surface area contributed by atoms with Crippen molar-refractivity contribution in [2.45, 2.75) is 24.9 Å². The molecule has 0 spiro atoms. The van der Waals surface area contributed by atoms with Crippen molar-refractivity contribution in [1.29, 1.82) is 0 Å². The van der Waals surface area contributed by atoms with Crippen LogP contribution in [-0.4, -0.2) is 23.2 Å². The lowest BCUT2D eigenvalue weighted by molar-refractivity contribution is -0.113. The summed E-state index contributed by atoms with van der Waals surface area (Å²) in [4.78, 5) is 17.6. The van der Waals surface area contributed by atoms with Crippen LogP contribution in [-0.2, 0) is 4.84 Å². The second kappa shape index (κ2) is 8.38. The number of nitrogens with one attached hydrogen (secondary N) is 2. The van der Waals surface area contributed by atoms with Crippen LogP contribution in [0.15, 0.2) is 34.8 Å². The fourth-order valence-electron chi connectivity index (χ4n) is 2.59. The molecule has 3 rings (SSSR count). The number of rotatable bonds is 6. The minimum absolute atomic E-state index is 0.0321. The summed E-state index contributed by atoms with van der Waals surface area (Å²) in [5, 5.41) is 12.7. The molecule has 1 saturated carbocycles. The van der Waals surface area contributed by atoms with Gasteiger partial charge in [-0.15, -0.1) is 0 Å². The lowest BCUT2D eigenvalue weighted by atomic mass is 9.81. The van der Waals surface area contributed by atoms with E-state index >= 15 is 0 Å². The zero-order valence-electron chi connectivity index (χ0n) is 14.0. The molecule has 0 aliphatic heterocycles. The Bertz CT molecular complexity index is 878. The molecule has 0 aromatic heterocycles. The molecule has 0 heterocycles. The van der Waals surface area contributed by atoms with Crippen LogP contribution in [0.1, 0.15) is 29.6 Å². The molecule has 2 aromatic carbocycles. The third kappa shape index (κ3) is 4.95. The van der Waals surface area contributed by atoms with Crippen LogP contribution in [0, 0.1) is 15.2 Å². The van der Waals surface area contributed by atoms with Crippen molar-refractivity contribution in [2.75, 3.05) is 11.9 Å². The molecule has 2 aromatic rings. The van der Waals surface area contributed by atoms with Gasteiger partial charge in [0.25, 0.3) is 5.91 Å². The number of hydrogen-bond acceptors (Lipinski definition) is 4. The van der Waals surface area contributed by atoms with E-state index < -0.39 is 23.1 Å². The van der Waals surface area contributed by atoms with Crippen LogP contribution in [0.3, 0.4) is 0 Å². The van der Waals surface area contributed by atoms with Crippen molar-refractivity contribution in [3.63, 3.8) is 0 Å². The van der Waals surface area contributed by atoms with Gasteiger partial charge in [-0.3, -0.25) is 9.63 Å². The molecule has 0 atom stereocenters. The van der Waals surface area contributed by atoms with Crippen molar-refractivity contribution in [1.82, 2.24) is 5.48 Å². The topological polar surface area (TPSA) is 70.6 Å². The minimum Gasteiger partial charge on any atom is -0.387 e. The zero-order chi connectivity index (χ0) is 19.6. The van der Waals surface area contributed by atoms with Crippen molar-refractivity contribution in [3.05, 3.63) is 55.6 Å². The van der Waals surface area contributed by atoms with Gasteiger partial charge in [-0.1, -0.05) is 0 Å². The molecule has 144 valence electrons. The van der Waals surface area contributed by atoms with E-state index in [0.717, 1.165) is 12.5 Å². The third-order valence-electron chi connectivity index (χ3n) is 4.30. The molecule has 0 unspecified atom stereocenters. The average molecular weight is 553 g/mol. The van der Waals surface area contributed by atoms with Crippen molar-refractivity contribution < 1.29 is 23.5 Å². The Kier molecular flexibility index (Phi) is 6.34. The Morgan fingerprint density at radius 2 is 1.96 bits per heavy atom. The van der Waals surface area contributed by atoms with E-state index in [1.807, 2.05) is 22.6 Å². The van der Waals surface area contributed by atoms with E-state index in [2.05, 4.69) is 26.7 Å². The second-order valence-corrected chi connectivity index (χ2v) is 8.46. The highest BCUT2D eigenvalue weighted by atomic mass is 127. The van der Waals surface area contributed by atoms with Crippen molar-refractivity contribution in [3.8, 4) is 0 Å². The van der Waals surface area contributed by atoms with Gasteiger partial charge in [-0.2, -0.15) is 0 Å². The molecule has 5 nitrogen and oxygen atoms in total. The minimum atomic E-state index is -0.915. The number of carbonyl (C=O) groups excluding carboxylic acids is 1. The zero-order valence-corrected chi connectivity index (χ0v) is 17.7. The molecular formula is C18H16BrF2IN2O3. The first-order valence-electron chi connectivity index (χ1n) is 8.13. The normalized spacial score (nSPS) is 15.1. The van der Waals surface area contributed by atoms with Crippen molar-refractivity contribution >= 4 is 55.8 Å². The van der Waals surface area contributed by atoms with Gasteiger partial charge < -0.3 is 10.4 Å². The monoisotopic (exact) mass is 552 g/mol. The van der Waals surface area contributed by atoms with E-state index in [9.17, 15) is 18.7 Å². The highest BCUT2D eigenvalue weighted by Crippen LogP contribution is 2.32. The molecule has 0 saturated heterocycles. The van der Waals surface area contributed by atoms with Crippen LogP contribution in [0.4, 0.5) is 20.2 Å². The molecular weight excluding hydrogens is 537 g/mol. The van der Waals surface area contributed by atoms with E-state index in [1.165, 1.54) is 18.2 Å². The summed E-state index contributed by atoms with van der Waals surface area (Å²) >= 11 is 5.01. The van der Waals surface area contributed by atoms with Crippen LogP contribution in [0.5, 0.6) is 0 Å². The van der Waals surface area contributed by atoms with Gasteiger partial charge in [0, 0.05) is 3.57 Å². The molecule has 1 fully saturated rings. The largest absolute Gasteiger partial charge is 0.387 e. The predicted molar refractivity (Wildman–Crippen MR) is 109 cm³/mol. The highest BCUT2D eigenvalue weighted by Gasteiger charge is 2.35. The number of benzene rings is 2. The van der Waals surface area contributed by atoms with E-state index in [1.54, 1.807) is 6.07 Å². The molecule has 1 aliphatic rings. The maximum atomic E-state index is 14.1. The third-order valence-corrected chi connectivity index (χ3v) is 5.57. The van der Waals surface area contributed by atoms with Gasteiger partial charge in [-0.25, -0.2) is 14.3 Å². The summed E-state index contributed by atoms with van der Waals surface area (Å²) < 4.78 is 28.9. The maximum absolute atomic E-state index is 14.1. The Balaban J connectivity index is 1.78. The molecule has 1 amide bonds. The lowest BCUT2D eigenvalue weighted by Crippen LogP contribution is -2.44. The average Bonchev–Trinajstić information content (AvgIpc) is 2.58. The van der Waals surface area contributed by atoms with E-state index in [4.69, 9.17) is 4.84 Å². The summed E-state index contributed by atoms with van der Waals surface area (Å²) in [6, 6.07) is 6.87. The first-order chi connectivity index (χ1) is 12.8. The number of hydroxylamine groups is 1. The standard InChI is InChI=1S/C18H16BrF2IN2O3/c19-12-7-11(17(25)24-27-9-18(26)4-1-5-18)16(8-13(12)20)23-15-3-2-10(22)6-14(15)21/h2-3,6-8,23,26H,1,4-5,9H2,(H,24,25). The molecule has 9 heteroatoms. The van der Waals surface area contributed by atoms with Crippen LogP contribution >= 0.6 is 38.5 Å². The summed E-state index contributed by atoms with van der Waals surface area (Å²) in [5.41, 5.74) is 1.58. The summed E-state index contributed by atoms with van der Waals surface area (Å²) in [6.07, 6.45) is 2.14.